The third kappa shape index (κ3) is 3.78. The number of benzene rings is 1. The zero-order chi connectivity index (χ0) is 11.3. The Morgan fingerprint density at radius 3 is 2.60 bits per heavy atom. The molecule has 1 aromatic rings. The second-order valence-electron chi connectivity index (χ2n) is 2.81. The highest BCUT2D eigenvalue weighted by molar-refractivity contribution is 7.80. The average molecular weight is 221 g/mol. The molecule has 5 N–H and O–H groups in total. The van der Waals surface area contributed by atoms with E-state index in [1.807, 2.05) is 18.2 Å². The summed E-state index contributed by atoms with van der Waals surface area (Å²) in [7, 11) is 0. The van der Waals surface area contributed by atoms with Gasteiger partial charge in [0.15, 0.2) is 5.11 Å². The van der Waals surface area contributed by atoms with Crippen molar-refractivity contribution in [2.75, 3.05) is 5.32 Å². The second kappa shape index (κ2) is 5.11. The Morgan fingerprint density at radius 2 is 2.00 bits per heavy atom. The van der Waals surface area contributed by atoms with Gasteiger partial charge in [-0.25, -0.2) is 0 Å². The van der Waals surface area contributed by atoms with Crippen LogP contribution in [-0.4, -0.2) is 11.0 Å². The molecule has 1 amide bonds. The number of carbonyl (C=O) groups is 1. The molecule has 5 heteroatoms. The second-order valence-corrected chi connectivity index (χ2v) is 3.25. The maximum absolute atomic E-state index is 10.6. The lowest BCUT2D eigenvalue weighted by molar-refractivity contribution is -0.113. The standard InChI is InChI=1S/C10H11N3OS/c11-9(14)6-5-7-3-1-2-4-8(7)13-10(12)15/h1-6H,(H2,11,14)(H3,12,13,15). The van der Waals surface area contributed by atoms with Crippen LogP contribution in [0.15, 0.2) is 30.3 Å². The number of hydrogen-bond acceptors (Lipinski definition) is 2. The molecule has 1 rings (SSSR count). The Kier molecular flexibility index (Phi) is 3.82. The van der Waals surface area contributed by atoms with E-state index in [-0.39, 0.29) is 5.11 Å². The summed E-state index contributed by atoms with van der Waals surface area (Å²) in [5.41, 5.74) is 11.9. The molecule has 0 aliphatic carbocycles. The molecule has 0 spiro atoms. The summed E-state index contributed by atoms with van der Waals surface area (Å²) in [5.74, 6) is -0.500. The molecule has 0 radical (unpaired) electrons. The van der Waals surface area contributed by atoms with E-state index in [0.717, 1.165) is 11.3 Å². The van der Waals surface area contributed by atoms with Gasteiger partial charge in [-0.2, -0.15) is 0 Å². The Bertz CT molecular complexity index is 415. The molecule has 0 saturated heterocycles. The minimum atomic E-state index is -0.500. The average Bonchev–Trinajstić information content (AvgIpc) is 2.15. The summed E-state index contributed by atoms with van der Waals surface area (Å²) in [6.45, 7) is 0. The van der Waals surface area contributed by atoms with E-state index in [1.54, 1.807) is 12.1 Å². The first kappa shape index (κ1) is 11.2. The van der Waals surface area contributed by atoms with E-state index in [9.17, 15) is 4.79 Å². The van der Waals surface area contributed by atoms with Gasteiger partial charge < -0.3 is 16.8 Å². The van der Waals surface area contributed by atoms with E-state index >= 15 is 0 Å². The zero-order valence-electron chi connectivity index (χ0n) is 7.94. The van der Waals surface area contributed by atoms with Gasteiger partial charge in [-0.3, -0.25) is 4.79 Å². The zero-order valence-corrected chi connectivity index (χ0v) is 8.75. The number of nitrogens with two attached hydrogens (primary N) is 2. The van der Waals surface area contributed by atoms with Gasteiger partial charge in [-0.05, 0) is 29.9 Å². The van der Waals surface area contributed by atoms with Gasteiger partial charge in [-0.15, -0.1) is 0 Å². The summed E-state index contributed by atoms with van der Waals surface area (Å²) < 4.78 is 0. The first-order valence-electron chi connectivity index (χ1n) is 4.22. The van der Waals surface area contributed by atoms with Gasteiger partial charge in [-0.1, -0.05) is 18.2 Å². The Morgan fingerprint density at radius 1 is 1.33 bits per heavy atom. The van der Waals surface area contributed by atoms with Crippen LogP contribution in [0.5, 0.6) is 0 Å². The number of thiocarbonyl (C=S) groups is 1. The minimum Gasteiger partial charge on any atom is -0.376 e. The van der Waals surface area contributed by atoms with Gasteiger partial charge in [0.2, 0.25) is 5.91 Å². The number of primary amides is 1. The summed E-state index contributed by atoms with van der Waals surface area (Å²) in [6.07, 6.45) is 2.88. The lowest BCUT2D eigenvalue weighted by Crippen LogP contribution is -2.19. The van der Waals surface area contributed by atoms with Gasteiger partial charge >= 0.3 is 0 Å². The van der Waals surface area contributed by atoms with Crippen molar-refractivity contribution in [3.8, 4) is 0 Å². The number of anilines is 1. The molecule has 4 nitrogen and oxygen atoms in total. The van der Waals surface area contributed by atoms with Crippen molar-refractivity contribution >= 4 is 35.0 Å². The third-order valence-corrected chi connectivity index (χ3v) is 1.75. The van der Waals surface area contributed by atoms with Crippen LogP contribution in [-0.2, 0) is 4.79 Å². The fraction of sp³-hybridized carbons (Fsp3) is 0. The molecular weight excluding hydrogens is 210 g/mol. The molecule has 0 bridgehead atoms. The van der Waals surface area contributed by atoms with Crippen LogP contribution < -0.4 is 16.8 Å². The van der Waals surface area contributed by atoms with Crippen molar-refractivity contribution in [3.63, 3.8) is 0 Å². The van der Waals surface area contributed by atoms with E-state index < -0.39 is 5.91 Å². The monoisotopic (exact) mass is 221 g/mol. The van der Waals surface area contributed by atoms with Crippen LogP contribution in [0.2, 0.25) is 0 Å². The van der Waals surface area contributed by atoms with E-state index in [2.05, 4.69) is 5.32 Å². The quantitative estimate of drug-likeness (QED) is 0.522. The van der Waals surface area contributed by atoms with Crippen molar-refractivity contribution in [1.29, 1.82) is 0 Å². The van der Waals surface area contributed by atoms with E-state index in [4.69, 9.17) is 23.7 Å². The molecule has 0 atom stereocenters. The van der Waals surface area contributed by atoms with Crippen molar-refractivity contribution in [3.05, 3.63) is 35.9 Å². The van der Waals surface area contributed by atoms with Crippen molar-refractivity contribution < 1.29 is 4.79 Å². The van der Waals surface area contributed by atoms with Gasteiger partial charge in [0.1, 0.15) is 0 Å². The van der Waals surface area contributed by atoms with Gasteiger partial charge in [0.05, 0.1) is 0 Å². The molecule has 0 saturated carbocycles. The summed E-state index contributed by atoms with van der Waals surface area (Å²) in [6, 6.07) is 7.30. The molecular formula is C10H11N3OS. The van der Waals surface area contributed by atoms with Gasteiger partial charge in [0.25, 0.3) is 0 Å². The smallest absolute Gasteiger partial charge is 0.241 e. The number of hydrogen-bond donors (Lipinski definition) is 3. The summed E-state index contributed by atoms with van der Waals surface area (Å²) >= 11 is 4.72. The molecule has 15 heavy (non-hydrogen) atoms. The third-order valence-electron chi connectivity index (χ3n) is 1.65. The highest BCUT2D eigenvalue weighted by Crippen LogP contribution is 2.16. The fourth-order valence-electron chi connectivity index (χ4n) is 1.06. The number of rotatable bonds is 3. The van der Waals surface area contributed by atoms with Crippen LogP contribution in [0, 0.1) is 0 Å². The van der Waals surface area contributed by atoms with Gasteiger partial charge in [0, 0.05) is 11.8 Å². The first-order chi connectivity index (χ1) is 7.09. The van der Waals surface area contributed by atoms with Crippen molar-refractivity contribution in [1.82, 2.24) is 0 Å². The summed E-state index contributed by atoms with van der Waals surface area (Å²) in [5, 5.41) is 2.98. The maximum Gasteiger partial charge on any atom is 0.241 e. The molecule has 0 aliphatic heterocycles. The van der Waals surface area contributed by atoms with Crippen LogP contribution >= 0.6 is 12.2 Å². The molecule has 0 aromatic heterocycles. The van der Waals surface area contributed by atoms with Crippen molar-refractivity contribution in [2.45, 2.75) is 0 Å². The molecule has 0 aliphatic rings. The molecule has 0 heterocycles. The fourth-order valence-corrected chi connectivity index (χ4v) is 1.17. The minimum absolute atomic E-state index is 0.176. The highest BCUT2D eigenvalue weighted by atomic mass is 32.1. The number of amides is 1. The Labute approximate surface area is 93.0 Å². The van der Waals surface area contributed by atoms with Crippen LogP contribution in [0.3, 0.4) is 0 Å². The van der Waals surface area contributed by atoms with E-state index in [1.165, 1.54) is 6.08 Å². The van der Waals surface area contributed by atoms with Crippen LogP contribution in [0.25, 0.3) is 6.08 Å². The molecule has 0 unspecified atom stereocenters. The number of nitrogens with one attached hydrogen (secondary N) is 1. The normalized spacial score (nSPS) is 10.1. The Hall–Kier alpha value is -1.88. The van der Waals surface area contributed by atoms with E-state index in [0.29, 0.717) is 0 Å². The van der Waals surface area contributed by atoms with Crippen LogP contribution in [0.1, 0.15) is 5.56 Å². The lowest BCUT2D eigenvalue weighted by atomic mass is 10.1. The summed E-state index contributed by atoms with van der Waals surface area (Å²) in [4.78, 5) is 10.6. The molecule has 78 valence electrons. The first-order valence-corrected chi connectivity index (χ1v) is 4.63. The Balaban J connectivity index is 2.95. The van der Waals surface area contributed by atoms with Crippen LogP contribution in [0.4, 0.5) is 5.69 Å². The predicted octanol–water partition coefficient (Wildman–Crippen LogP) is 0.841. The molecule has 1 aromatic carbocycles. The maximum atomic E-state index is 10.6. The SMILES string of the molecule is NC(=O)C=Cc1ccccc1NC(N)=S. The lowest BCUT2D eigenvalue weighted by Gasteiger charge is -2.06. The largest absolute Gasteiger partial charge is 0.376 e. The van der Waals surface area contributed by atoms with Crippen molar-refractivity contribution in [2.24, 2.45) is 11.5 Å². The number of para-hydroxylation sites is 1. The predicted molar refractivity (Wildman–Crippen MR) is 65.1 cm³/mol. The molecule has 0 fully saturated rings. The highest BCUT2D eigenvalue weighted by Gasteiger charge is 1.98. The number of carbonyl (C=O) groups excluding carboxylic acids is 1. The topological polar surface area (TPSA) is 81.1 Å².